The Morgan fingerprint density at radius 3 is 2.29 bits per heavy atom. The van der Waals surface area contributed by atoms with Crippen LogP contribution in [0.25, 0.3) is 0 Å². The molecule has 2 fully saturated rings. The normalized spacial score (nSPS) is 17.5. The molecule has 0 unspecified atom stereocenters. The van der Waals surface area contributed by atoms with E-state index < -0.39 is 67.4 Å². The molecule has 1 aliphatic heterocycles. The topological polar surface area (TPSA) is 140 Å². The highest BCUT2D eigenvalue weighted by Crippen LogP contribution is 2.36. The first-order valence-electron chi connectivity index (χ1n) is 14.2. The van der Waals surface area contributed by atoms with Gasteiger partial charge in [-0.3, -0.25) is 19.8 Å². The summed E-state index contributed by atoms with van der Waals surface area (Å²) in [6.45, 7) is 0.178. The monoisotopic (exact) mass is 650 g/mol. The average molecular weight is 651 g/mol. The third kappa shape index (κ3) is 5.99. The summed E-state index contributed by atoms with van der Waals surface area (Å²) in [5.74, 6) is -10.2. The number of phenolic OH excluding ortho intramolecular Hbond substituents is 1. The number of carbonyl (C=O) groups is 2. The number of nitrogens with zero attached hydrogens (tertiary/aromatic N) is 3. The van der Waals surface area contributed by atoms with Crippen LogP contribution >= 0.6 is 0 Å². The summed E-state index contributed by atoms with van der Waals surface area (Å²) < 4.78 is 84.8. The van der Waals surface area contributed by atoms with Crippen molar-refractivity contribution in [1.29, 1.82) is 0 Å². The zero-order valence-corrected chi connectivity index (χ0v) is 24.9. The first kappa shape index (κ1) is 32.3. The molecule has 15 heteroatoms. The van der Waals surface area contributed by atoms with Crippen LogP contribution in [0.4, 0.5) is 23.2 Å². The van der Waals surface area contributed by atoms with Crippen LogP contribution in [0.3, 0.4) is 0 Å². The molecule has 45 heavy (non-hydrogen) atoms. The number of benzene rings is 2. The van der Waals surface area contributed by atoms with E-state index in [0.717, 1.165) is 55.2 Å². The molecule has 2 aliphatic rings. The van der Waals surface area contributed by atoms with E-state index in [-0.39, 0.29) is 30.8 Å². The largest absolute Gasteiger partial charge is 0.507 e. The Bertz CT molecular complexity index is 1720. The molecule has 1 atom stereocenters. The third-order valence-electron chi connectivity index (χ3n) is 8.41. The first-order valence-corrected chi connectivity index (χ1v) is 15.7. The fourth-order valence-electron chi connectivity index (χ4n) is 5.75. The van der Waals surface area contributed by atoms with Crippen molar-refractivity contribution in [2.75, 3.05) is 11.4 Å². The van der Waals surface area contributed by atoms with Gasteiger partial charge in [-0.1, -0.05) is 25.3 Å². The fourth-order valence-corrected chi connectivity index (χ4v) is 7.56. The molecule has 10 nitrogen and oxygen atoms in total. The molecule has 1 aliphatic carbocycles. The van der Waals surface area contributed by atoms with E-state index in [0.29, 0.717) is 15.9 Å². The Morgan fingerprint density at radius 2 is 1.71 bits per heavy atom. The average Bonchev–Trinajstić information content (AvgIpc) is 3.01. The molecule has 5 rings (SSSR count). The van der Waals surface area contributed by atoms with Gasteiger partial charge in [-0.2, -0.15) is 4.31 Å². The zero-order valence-electron chi connectivity index (χ0n) is 24.1. The molecule has 2 amide bonds. The highest BCUT2D eigenvalue weighted by molar-refractivity contribution is 7.89. The van der Waals surface area contributed by atoms with E-state index in [2.05, 4.69) is 4.98 Å². The lowest BCUT2D eigenvalue weighted by Gasteiger charge is -2.41. The molecular formula is C30H30F4N4O6S. The van der Waals surface area contributed by atoms with E-state index in [4.69, 9.17) is 5.21 Å². The van der Waals surface area contributed by atoms with Crippen molar-refractivity contribution in [2.45, 2.75) is 68.8 Å². The summed E-state index contributed by atoms with van der Waals surface area (Å²) in [6.07, 6.45) is 7.09. The summed E-state index contributed by atoms with van der Waals surface area (Å²) in [7, 11) is -5.17. The van der Waals surface area contributed by atoms with Crippen molar-refractivity contribution in [1.82, 2.24) is 14.8 Å². The smallest absolute Gasteiger partial charge is 0.278 e. The lowest BCUT2D eigenvalue weighted by molar-refractivity contribution is -0.125. The number of aromatic hydroxyl groups is 1. The predicted molar refractivity (Wildman–Crippen MR) is 152 cm³/mol. The van der Waals surface area contributed by atoms with E-state index >= 15 is 0 Å². The van der Waals surface area contributed by atoms with E-state index in [1.807, 2.05) is 6.07 Å². The first-order chi connectivity index (χ1) is 21.4. The van der Waals surface area contributed by atoms with Crippen LogP contribution in [0.2, 0.25) is 0 Å². The van der Waals surface area contributed by atoms with E-state index in [1.165, 1.54) is 18.0 Å². The van der Waals surface area contributed by atoms with Crippen LogP contribution in [-0.4, -0.2) is 52.4 Å². The SMILES string of the molecule is Cc1c(F)c(F)c(F)c(S(=O)(=O)N2CC[C@@H]2C(=O)N(Cc2ccc(C3CCCCC3)cn2)c2ccc(C(=O)NO)c(O)c2)c1F. The van der Waals surface area contributed by atoms with Gasteiger partial charge in [0.25, 0.3) is 5.91 Å². The molecule has 1 saturated heterocycles. The van der Waals surface area contributed by atoms with Crippen molar-refractivity contribution >= 4 is 27.5 Å². The van der Waals surface area contributed by atoms with Gasteiger partial charge >= 0.3 is 0 Å². The van der Waals surface area contributed by atoms with Crippen molar-refractivity contribution in [3.05, 3.63) is 82.2 Å². The van der Waals surface area contributed by atoms with Gasteiger partial charge in [0.2, 0.25) is 15.9 Å². The standard InChI is InChI=1S/C30H30F4N4O6S/c1-16-24(31)26(33)27(34)28(25(16)32)45(43,44)38-12-11-22(38)30(41)37(20-9-10-21(23(39)13-20)29(40)36-42)15-19-8-7-18(14-35-19)17-5-3-2-4-6-17/h7-10,13-14,17,22,39,42H,2-6,11-12,15H2,1H3,(H,36,40)/t22-/m1/s1. The van der Waals surface area contributed by atoms with Crippen LogP contribution in [0.15, 0.2) is 41.4 Å². The second-order valence-electron chi connectivity index (χ2n) is 11.1. The summed E-state index contributed by atoms with van der Waals surface area (Å²) >= 11 is 0. The number of hydroxylamine groups is 1. The molecule has 2 heterocycles. The second kappa shape index (κ2) is 12.7. The second-order valence-corrected chi connectivity index (χ2v) is 12.9. The minimum absolute atomic E-state index is 0.00965. The maximum Gasteiger partial charge on any atom is 0.278 e. The number of hydrogen-bond acceptors (Lipinski definition) is 7. The zero-order chi connectivity index (χ0) is 32.6. The number of hydrogen-bond donors (Lipinski definition) is 3. The molecule has 0 bridgehead atoms. The number of carbonyl (C=O) groups excluding carboxylic acids is 2. The molecule has 240 valence electrons. The van der Waals surface area contributed by atoms with Crippen LogP contribution in [0.1, 0.15) is 71.6 Å². The lowest BCUT2D eigenvalue weighted by atomic mass is 9.85. The Labute approximate surface area is 256 Å². The number of aromatic nitrogens is 1. The number of amides is 2. The molecule has 1 aromatic heterocycles. The van der Waals surface area contributed by atoms with E-state index in [1.54, 1.807) is 12.3 Å². The molecule has 1 saturated carbocycles. The van der Waals surface area contributed by atoms with Crippen molar-refractivity contribution in [3.8, 4) is 5.75 Å². The van der Waals surface area contributed by atoms with Gasteiger partial charge in [-0.15, -0.1) is 0 Å². The Kier molecular flexibility index (Phi) is 9.14. The summed E-state index contributed by atoms with van der Waals surface area (Å²) in [4.78, 5) is 29.7. The predicted octanol–water partition coefficient (Wildman–Crippen LogP) is 4.82. The van der Waals surface area contributed by atoms with Gasteiger partial charge in [-0.05, 0) is 55.9 Å². The van der Waals surface area contributed by atoms with Crippen molar-refractivity contribution in [2.24, 2.45) is 0 Å². The van der Waals surface area contributed by atoms with Gasteiger partial charge in [0.15, 0.2) is 28.2 Å². The van der Waals surface area contributed by atoms with Crippen LogP contribution in [0, 0.1) is 30.2 Å². The highest BCUT2D eigenvalue weighted by atomic mass is 32.2. The molecule has 3 aromatic rings. The van der Waals surface area contributed by atoms with Crippen molar-refractivity contribution < 1.29 is 45.9 Å². The van der Waals surface area contributed by atoms with Gasteiger partial charge in [0.05, 0.1) is 17.8 Å². The lowest BCUT2D eigenvalue weighted by Crippen LogP contribution is -2.59. The number of rotatable bonds is 8. The van der Waals surface area contributed by atoms with Gasteiger partial charge in [0.1, 0.15) is 11.8 Å². The number of sulfonamides is 1. The van der Waals surface area contributed by atoms with Gasteiger partial charge < -0.3 is 10.0 Å². The Balaban J connectivity index is 1.49. The number of anilines is 1. The fraction of sp³-hybridized carbons (Fsp3) is 0.367. The molecule has 3 N–H and O–H groups in total. The molecule has 0 radical (unpaired) electrons. The quantitative estimate of drug-likeness (QED) is 0.105. The highest BCUT2D eigenvalue weighted by Gasteiger charge is 2.47. The van der Waals surface area contributed by atoms with Crippen LogP contribution in [-0.2, 0) is 21.4 Å². The maximum atomic E-state index is 14.9. The Morgan fingerprint density at radius 1 is 1.00 bits per heavy atom. The van der Waals surface area contributed by atoms with Crippen molar-refractivity contribution in [3.63, 3.8) is 0 Å². The van der Waals surface area contributed by atoms with E-state index in [9.17, 15) is 40.7 Å². The maximum absolute atomic E-state index is 14.9. The number of nitrogens with one attached hydrogen (secondary N) is 1. The molecule has 0 spiro atoms. The number of phenols is 1. The molecular weight excluding hydrogens is 620 g/mol. The summed E-state index contributed by atoms with van der Waals surface area (Å²) in [6, 6.07) is 5.54. The minimum Gasteiger partial charge on any atom is -0.507 e. The van der Waals surface area contributed by atoms with Crippen LogP contribution < -0.4 is 10.4 Å². The molecule has 2 aromatic carbocycles. The third-order valence-corrected chi connectivity index (χ3v) is 10.3. The summed E-state index contributed by atoms with van der Waals surface area (Å²) in [5, 5.41) is 19.4. The summed E-state index contributed by atoms with van der Waals surface area (Å²) in [5.41, 5.74) is 1.46. The Hall–Kier alpha value is -4.08. The van der Waals surface area contributed by atoms with Gasteiger partial charge in [0, 0.05) is 30.1 Å². The number of halogens is 4. The number of pyridine rings is 1. The van der Waals surface area contributed by atoms with Gasteiger partial charge in [-0.25, -0.2) is 31.5 Å². The van der Waals surface area contributed by atoms with Crippen LogP contribution in [0.5, 0.6) is 5.75 Å². The minimum atomic E-state index is -5.17.